The van der Waals surface area contributed by atoms with Gasteiger partial charge in [-0.3, -0.25) is 0 Å². The molecule has 0 spiro atoms. The van der Waals surface area contributed by atoms with Crippen molar-refractivity contribution in [2.24, 2.45) is 0 Å². The van der Waals surface area contributed by atoms with Crippen molar-refractivity contribution < 1.29 is 8.42 Å². The van der Waals surface area contributed by atoms with Crippen LogP contribution in [0.3, 0.4) is 0 Å². The first-order valence-electron chi connectivity index (χ1n) is 4.57. The molecule has 0 saturated carbocycles. The summed E-state index contributed by atoms with van der Waals surface area (Å²) in [5.41, 5.74) is 0.843. The molecule has 0 aliphatic carbocycles. The summed E-state index contributed by atoms with van der Waals surface area (Å²) >= 11 is 3.31. The third-order valence-corrected chi connectivity index (χ3v) is 3.67. The minimum absolute atomic E-state index is 0.351. The molecular formula is C10H11BrN2O2S. The van der Waals surface area contributed by atoms with Crippen LogP contribution in [0, 0.1) is 11.3 Å². The number of hydrogen-bond donors (Lipinski definition) is 1. The molecule has 1 unspecified atom stereocenters. The molecule has 1 atom stereocenters. The topological polar surface area (TPSA) is 70.0 Å². The summed E-state index contributed by atoms with van der Waals surface area (Å²) < 4.78 is 26.0. The molecule has 0 bridgehead atoms. The highest BCUT2D eigenvalue weighted by Gasteiger charge is 2.15. The molecule has 0 radical (unpaired) electrons. The largest absolute Gasteiger partial charge is 0.225 e. The van der Waals surface area contributed by atoms with Crippen molar-refractivity contribution >= 4 is 26.0 Å². The number of sulfonamides is 1. The lowest BCUT2D eigenvalue weighted by molar-refractivity contribution is 0.570. The van der Waals surface area contributed by atoms with Crippen LogP contribution < -0.4 is 4.72 Å². The SMILES string of the molecule is CC(NS(=O)(=O)CC#N)c1cccc(Br)c1. The monoisotopic (exact) mass is 302 g/mol. The molecule has 1 N–H and O–H groups in total. The lowest BCUT2D eigenvalue weighted by atomic mass is 10.1. The van der Waals surface area contributed by atoms with Gasteiger partial charge in [-0.1, -0.05) is 28.1 Å². The average Bonchev–Trinajstić information content (AvgIpc) is 2.16. The number of nitriles is 1. The Kier molecular flexibility index (Phi) is 4.47. The highest BCUT2D eigenvalue weighted by Crippen LogP contribution is 2.18. The third kappa shape index (κ3) is 3.93. The third-order valence-electron chi connectivity index (χ3n) is 1.96. The van der Waals surface area contributed by atoms with Crippen molar-refractivity contribution in [1.82, 2.24) is 4.72 Å². The number of halogens is 1. The molecule has 1 rings (SSSR count). The predicted octanol–water partition coefficient (Wildman–Crippen LogP) is 1.95. The zero-order valence-electron chi connectivity index (χ0n) is 8.64. The van der Waals surface area contributed by atoms with Crippen molar-refractivity contribution in [3.8, 4) is 6.07 Å². The molecule has 0 aliphatic heterocycles. The quantitative estimate of drug-likeness (QED) is 0.924. The van der Waals surface area contributed by atoms with E-state index in [0.717, 1.165) is 10.0 Å². The maximum absolute atomic E-state index is 11.4. The van der Waals surface area contributed by atoms with Gasteiger partial charge in [0.1, 0.15) is 0 Å². The fraction of sp³-hybridized carbons (Fsp3) is 0.300. The van der Waals surface area contributed by atoms with Crippen molar-refractivity contribution in [2.45, 2.75) is 13.0 Å². The Morgan fingerprint density at radius 2 is 2.25 bits per heavy atom. The molecule has 0 aliphatic rings. The molecule has 86 valence electrons. The minimum atomic E-state index is -3.52. The fourth-order valence-electron chi connectivity index (χ4n) is 1.24. The molecule has 1 aromatic rings. The first-order chi connectivity index (χ1) is 7.44. The number of nitrogens with one attached hydrogen (secondary N) is 1. The molecule has 0 fully saturated rings. The first-order valence-corrected chi connectivity index (χ1v) is 7.01. The van der Waals surface area contributed by atoms with Gasteiger partial charge in [-0.05, 0) is 24.6 Å². The number of rotatable bonds is 4. The van der Waals surface area contributed by atoms with E-state index in [0.29, 0.717) is 0 Å². The van der Waals surface area contributed by atoms with Gasteiger partial charge in [0.2, 0.25) is 10.0 Å². The van der Waals surface area contributed by atoms with Crippen LogP contribution >= 0.6 is 15.9 Å². The zero-order valence-corrected chi connectivity index (χ0v) is 11.0. The highest BCUT2D eigenvalue weighted by molar-refractivity contribution is 9.10. The summed E-state index contributed by atoms with van der Waals surface area (Å²) in [6, 6.07) is 8.61. The molecule has 4 nitrogen and oxygen atoms in total. The summed E-state index contributed by atoms with van der Waals surface area (Å²) in [5, 5.41) is 8.35. The summed E-state index contributed by atoms with van der Waals surface area (Å²) in [5.74, 6) is -0.522. The van der Waals surface area contributed by atoms with Gasteiger partial charge < -0.3 is 0 Å². The Morgan fingerprint density at radius 1 is 1.56 bits per heavy atom. The van der Waals surface area contributed by atoms with Gasteiger partial charge >= 0.3 is 0 Å². The Hall–Kier alpha value is -0.900. The van der Waals surface area contributed by atoms with Crippen LogP contribution in [0.5, 0.6) is 0 Å². The second kappa shape index (κ2) is 5.43. The summed E-state index contributed by atoms with van der Waals surface area (Å²) in [4.78, 5) is 0. The van der Waals surface area contributed by atoms with Crippen molar-refractivity contribution in [2.75, 3.05) is 5.75 Å². The van der Waals surface area contributed by atoms with E-state index in [1.54, 1.807) is 13.0 Å². The zero-order chi connectivity index (χ0) is 12.2. The lowest BCUT2D eigenvalue weighted by Crippen LogP contribution is -2.28. The molecule has 0 saturated heterocycles. The van der Waals surface area contributed by atoms with E-state index < -0.39 is 15.8 Å². The molecule has 0 heterocycles. The Balaban J connectivity index is 2.81. The number of nitrogens with zero attached hydrogens (tertiary/aromatic N) is 1. The van der Waals surface area contributed by atoms with Gasteiger partial charge in [0.25, 0.3) is 0 Å². The van der Waals surface area contributed by atoms with Crippen molar-refractivity contribution in [3.63, 3.8) is 0 Å². The summed E-state index contributed by atoms with van der Waals surface area (Å²) in [7, 11) is -3.52. The molecule has 0 aromatic heterocycles. The first kappa shape index (κ1) is 13.2. The molecule has 1 aromatic carbocycles. The Morgan fingerprint density at radius 3 is 2.81 bits per heavy atom. The average molecular weight is 303 g/mol. The maximum Gasteiger partial charge on any atom is 0.225 e. The van der Waals surface area contributed by atoms with Gasteiger partial charge in [-0.2, -0.15) is 5.26 Å². The van der Waals surface area contributed by atoms with E-state index in [-0.39, 0.29) is 6.04 Å². The smallest absolute Gasteiger partial charge is 0.211 e. The van der Waals surface area contributed by atoms with Gasteiger partial charge in [0.15, 0.2) is 5.75 Å². The van der Waals surface area contributed by atoms with Crippen LogP contribution in [0.1, 0.15) is 18.5 Å². The van der Waals surface area contributed by atoms with E-state index in [2.05, 4.69) is 20.7 Å². The van der Waals surface area contributed by atoms with Gasteiger partial charge in [-0.25, -0.2) is 13.1 Å². The van der Waals surface area contributed by atoms with E-state index in [1.165, 1.54) is 0 Å². The highest BCUT2D eigenvalue weighted by atomic mass is 79.9. The standard InChI is InChI=1S/C10H11BrN2O2S/c1-8(13-16(14,15)6-5-12)9-3-2-4-10(11)7-9/h2-4,7-8,13H,6H2,1H3. The molecule has 6 heteroatoms. The maximum atomic E-state index is 11.4. The second-order valence-corrected chi connectivity index (χ2v) is 5.98. The minimum Gasteiger partial charge on any atom is -0.211 e. The second-order valence-electron chi connectivity index (χ2n) is 3.31. The van der Waals surface area contributed by atoms with Crippen LogP contribution in [0.25, 0.3) is 0 Å². The normalized spacial score (nSPS) is 13.1. The Bertz CT molecular complexity index is 508. The lowest BCUT2D eigenvalue weighted by Gasteiger charge is -2.13. The predicted molar refractivity (Wildman–Crippen MR) is 65.1 cm³/mol. The molecule has 0 amide bonds. The van der Waals surface area contributed by atoms with E-state index in [4.69, 9.17) is 5.26 Å². The van der Waals surface area contributed by atoms with Gasteiger partial charge in [-0.15, -0.1) is 0 Å². The molecular weight excluding hydrogens is 292 g/mol. The van der Waals surface area contributed by atoms with E-state index in [9.17, 15) is 8.42 Å². The number of hydrogen-bond acceptors (Lipinski definition) is 3. The van der Waals surface area contributed by atoms with Crippen LogP contribution in [0.2, 0.25) is 0 Å². The van der Waals surface area contributed by atoms with Crippen molar-refractivity contribution in [3.05, 3.63) is 34.3 Å². The van der Waals surface area contributed by atoms with Crippen LogP contribution in [-0.2, 0) is 10.0 Å². The van der Waals surface area contributed by atoms with Crippen molar-refractivity contribution in [1.29, 1.82) is 5.26 Å². The summed E-state index contributed by atoms with van der Waals surface area (Å²) in [6.45, 7) is 1.73. The van der Waals surface area contributed by atoms with Crippen LogP contribution in [-0.4, -0.2) is 14.2 Å². The summed E-state index contributed by atoms with van der Waals surface area (Å²) in [6.07, 6.45) is 0. The molecule has 16 heavy (non-hydrogen) atoms. The fourth-order valence-corrected chi connectivity index (χ4v) is 2.58. The van der Waals surface area contributed by atoms with E-state index in [1.807, 2.05) is 24.3 Å². The Labute approximate surface area is 103 Å². The van der Waals surface area contributed by atoms with Gasteiger partial charge in [0, 0.05) is 10.5 Å². The van der Waals surface area contributed by atoms with E-state index >= 15 is 0 Å². The number of benzene rings is 1. The van der Waals surface area contributed by atoms with Crippen LogP contribution in [0.4, 0.5) is 0 Å². The van der Waals surface area contributed by atoms with Crippen LogP contribution in [0.15, 0.2) is 28.7 Å². The van der Waals surface area contributed by atoms with Gasteiger partial charge in [0.05, 0.1) is 6.07 Å².